The Bertz CT molecular complexity index is 538. The van der Waals surface area contributed by atoms with Crippen molar-refractivity contribution >= 4 is 17.1 Å². The number of allylic oxidation sites excluding steroid dienone is 2. The van der Waals surface area contributed by atoms with Crippen LogP contribution in [0.1, 0.15) is 42.6 Å². The van der Waals surface area contributed by atoms with Gasteiger partial charge in [0.25, 0.3) is 0 Å². The van der Waals surface area contributed by atoms with Crippen molar-refractivity contribution in [3.63, 3.8) is 0 Å². The molecule has 0 saturated heterocycles. The topological polar surface area (TPSA) is 55.2 Å². The molecule has 1 heterocycles. The van der Waals surface area contributed by atoms with E-state index in [1.165, 1.54) is 6.92 Å². The van der Waals surface area contributed by atoms with E-state index in [9.17, 15) is 4.79 Å². The molecule has 0 aliphatic rings. The maximum Gasteiger partial charge on any atom is 0.196 e. The van der Waals surface area contributed by atoms with Crippen LogP contribution < -0.4 is 0 Å². The number of aliphatic imine (C=N–C) groups is 1. The first-order valence-corrected chi connectivity index (χ1v) is 5.64. The molecule has 1 aromatic heterocycles. The van der Waals surface area contributed by atoms with E-state index in [1.807, 2.05) is 20.8 Å². The van der Waals surface area contributed by atoms with Gasteiger partial charge in [-0.2, -0.15) is 0 Å². The molecule has 0 amide bonds. The van der Waals surface area contributed by atoms with Crippen molar-refractivity contribution < 1.29 is 4.79 Å². The first-order chi connectivity index (χ1) is 8.45. The number of ketones is 1. The zero-order valence-electron chi connectivity index (χ0n) is 11.2. The predicted molar refractivity (Wildman–Crippen MR) is 73.7 cm³/mol. The summed E-state index contributed by atoms with van der Waals surface area (Å²) in [5.41, 5.74) is 3.29. The molecule has 0 saturated carbocycles. The Morgan fingerprint density at radius 1 is 1.39 bits per heavy atom. The van der Waals surface area contributed by atoms with Gasteiger partial charge in [0.1, 0.15) is 0 Å². The molecule has 1 aromatic rings. The summed E-state index contributed by atoms with van der Waals surface area (Å²) in [6, 6.07) is 0. The number of aryl methyl sites for hydroxylation is 1. The van der Waals surface area contributed by atoms with Gasteiger partial charge in [-0.15, -0.1) is 0 Å². The molecule has 0 aromatic carbocycles. The van der Waals surface area contributed by atoms with Crippen LogP contribution in [0.3, 0.4) is 0 Å². The number of Topliss-reactive ketones (excluding diaryl/α,β-unsaturated/α-hetero) is 1. The monoisotopic (exact) mass is 243 g/mol. The average Bonchev–Trinajstić information content (AvgIpc) is 2.31. The lowest BCUT2D eigenvalue weighted by atomic mass is 10.1. The van der Waals surface area contributed by atoms with Crippen LogP contribution in [0, 0.1) is 6.92 Å². The van der Waals surface area contributed by atoms with E-state index in [0.29, 0.717) is 5.69 Å². The van der Waals surface area contributed by atoms with E-state index in [1.54, 1.807) is 18.5 Å². The Kier molecular flexibility index (Phi) is 4.66. The Morgan fingerprint density at radius 2 is 2.06 bits per heavy atom. The smallest absolute Gasteiger partial charge is 0.196 e. The number of hydrogen-bond acceptors (Lipinski definition) is 4. The van der Waals surface area contributed by atoms with Crippen LogP contribution in [0.15, 0.2) is 30.0 Å². The van der Waals surface area contributed by atoms with Crippen LogP contribution in [-0.2, 0) is 0 Å². The van der Waals surface area contributed by atoms with Crippen molar-refractivity contribution in [2.45, 2.75) is 27.7 Å². The fraction of sp³-hybridized carbons (Fsp3) is 0.286. The Balaban J connectivity index is 3.33. The maximum absolute atomic E-state index is 11.3. The minimum Gasteiger partial charge on any atom is -0.291 e. The van der Waals surface area contributed by atoms with E-state index in [4.69, 9.17) is 0 Å². The molecule has 18 heavy (non-hydrogen) atoms. The van der Waals surface area contributed by atoms with Crippen LogP contribution in [0.2, 0.25) is 0 Å². The fourth-order valence-corrected chi connectivity index (χ4v) is 1.31. The number of rotatable bonds is 4. The molecule has 0 unspecified atom stereocenters. The first-order valence-electron chi connectivity index (χ1n) is 5.64. The molecule has 4 heteroatoms. The Labute approximate surface area is 107 Å². The first kappa shape index (κ1) is 14.0. The highest BCUT2D eigenvalue weighted by atomic mass is 16.1. The summed E-state index contributed by atoms with van der Waals surface area (Å²) in [5.74, 6) is 0.0513. The molecule has 0 fully saturated rings. The minimum absolute atomic E-state index is 0.158. The molecule has 0 aliphatic heterocycles. The summed E-state index contributed by atoms with van der Waals surface area (Å²) in [6.07, 6.45) is 5.01. The van der Waals surface area contributed by atoms with Crippen molar-refractivity contribution in [1.82, 2.24) is 9.97 Å². The van der Waals surface area contributed by atoms with Crippen molar-refractivity contribution in [2.75, 3.05) is 0 Å². The van der Waals surface area contributed by atoms with Gasteiger partial charge in [-0.3, -0.25) is 9.79 Å². The average molecular weight is 243 g/mol. The largest absolute Gasteiger partial charge is 0.291 e. The lowest BCUT2D eigenvalue weighted by molar-refractivity contribution is 0.100. The van der Waals surface area contributed by atoms with Crippen LogP contribution >= 0.6 is 0 Å². The molecule has 0 atom stereocenters. The van der Waals surface area contributed by atoms with Crippen molar-refractivity contribution in [3.05, 3.63) is 42.1 Å². The van der Waals surface area contributed by atoms with Crippen LogP contribution in [0.25, 0.3) is 5.57 Å². The molecule has 94 valence electrons. The molecule has 0 spiro atoms. The molecular formula is C14H17N3O. The summed E-state index contributed by atoms with van der Waals surface area (Å²) in [4.78, 5) is 23.8. The standard InChI is InChI=1S/C14H17N3O/c1-6-12(8-15-9(2)3)13-10(4)7-16-14(17-13)11(5)18/h6-8H,1H2,2-5H3/b12-8+. The summed E-state index contributed by atoms with van der Waals surface area (Å²) in [5, 5.41) is 0. The van der Waals surface area contributed by atoms with Crippen molar-refractivity contribution in [1.29, 1.82) is 0 Å². The molecule has 0 N–H and O–H groups in total. The number of aromatic nitrogens is 2. The highest BCUT2D eigenvalue weighted by Crippen LogP contribution is 2.17. The molecule has 1 rings (SSSR count). The second-order valence-corrected chi connectivity index (χ2v) is 4.15. The van der Waals surface area contributed by atoms with Gasteiger partial charge in [-0.1, -0.05) is 12.7 Å². The van der Waals surface area contributed by atoms with Gasteiger partial charge < -0.3 is 0 Å². The second-order valence-electron chi connectivity index (χ2n) is 4.15. The van der Waals surface area contributed by atoms with Crippen LogP contribution in [0.5, 0.6) is 0 Å². The predicted octanol–water partition coefficient (Wildman–Crippen LogP) is 3.00. The Morgan fingerprint density at radius 3 is 2.56 bits per heavy atom. The normalized spacial score (nSPS) is 11.0. The highest BCUT2D eigenvalue weighted by Gasteiger charge is 2.09. The molecule has 4 nitrogen and oxygen atoms in total. The van der Waals surface area contributed by atoms with Gasteiger partial charge >= 0.3 is 0 Å². The van der Waals surface area contributed by atoms with E-state index < -0.39 is 0 Å². The lowest BCUT2D eigenvalue weighted by Gasteiger charge is -2.06. The third kappa shape index (κ3) is 3.45. The number of nitrogens with zero attached hydrogens (tertiary/aromatic N) is 3. The fourth-order valence-electron chi connectivity index (χ4n) is 1.31. The second kappa shape index (κ2) is 6.00. The molecule has 0 radical (unpaired) electrons. The summed E-state index contributed by atoms with van der Waals surface area (Å²) in [7, 11) is 0. The number of carbonyl (C=O) groups excluding carboxylic acids is 1. The third-order valence-electron chi connectivity index (χ3n) is 2.24. The zero-order valence-corrected chi connectivity index (χ0v) is 11.2. The van der Waals surface area contributed by atoms with Gasteiger partial charge in [0.05, 0.1) is 5.69 Å². The minimum atomic E-state index is -0.158. The lowest BCUT2D eigenvalue weighted by Crippen LogP contribution is -2.05. The maximum atomic E-state index is 11.3. The quantitative estimate of drug-likeness (QED) is 0.464. The molecule has 0 aliphatic carbocycles. The van der Waals surface area contributed by atoms with Gasteiger partial charge in [0.2, 0.25) is 0 Å². The number of carbonyl (C=O) groups is 1. The van der Waals surface area contributed by atoms with E-state index in [-0.39, 0.29) is 11.6 Å². The number of hydrogen-bond donors (Lipinski definition) is 0. The van der Waals surface area contributed by atoms with Gasteiger partial charge in [-0.25, -0.2) is 9.97 Å². The van der Waals surface area contributed by atoms with E-state index in [0.717, 1.165) is 16.8 Å². The summed E-state index contributed by atoms with van der Waals surface area (Å²) < 4.78 is 0. The van der Waals surface area contributed by atoms with Gasteiger partial charge in [0, 0.05) is 30.6 Å². The zero-order chi connectivity index (χ0) is 13.7. The van der Waals surface area contributed by atoms with E-state index in [2.05, 4.69) is 21.5 Å². The summed E-state index contributed by atoms with van der Waals surface area (Å²) >= 11 is 0. The molecule has 0 bridgehead atoms. The van der Waals surface area contributed by atoms with Crippen LogP contribution in [0.4, 0.5) is 0 Å². The van der Waals surface area contributed by atoms with Crippen molar-refractivity contribution in [3.8, 4) is 0 Å². The third-order valence-corrected chi connectivity index (χ3v) is 2.24. The highest BCUT2D eigenvalue weighted by molar-refractivity contribution is 5.91. The Hall–Kier alpha value is -2.10. The van der Waals surface area contributed by atoms with Crippen molar-refractivity contribution in [2.24, 2.45) is 4.99 Å². The van der Waals surface area contributed by atoms with E-state index >= 15 is 0 Å². The molecular weight excluding hydrogens is 226 g/mol. The van der Waals surface area contributed by atoms with Crippen LogP contribution in [-0.4, -0.2) is 21.5 Å². The van der Waals surface area contributed by atoms with Gasteiger partial charge in [-0.05, 0) is 26.3 Å². The van der Waals surface area contributed by atoms with Gasteiger partial charge in [0.15, 0.2) is 11.6 Å². The summed E-state index contributed by atoms with van der Waals surface area (Å²) in [6.45, 7) is 10.9. The SMILES string of the molecule is C=C/C(=C\N=C(C)C)c1nc(C(C)=O)ncc1C.